The Kier molecular flexibility index (Phi) is 8.08. The summed E-state index contributed by atoms with van der Waals surface area (Å²) < 4.78 is 11.1. The van der Waals surface area contributed by atoms with Gasteiger partial charge in [0, 0.05) is 28.2 Å². The smallest absolute Gasteiger partial charge is 0.248 e. The number of para-hydroxylation sites is 1. The minimum atomic E-state index is -0.898. The van der Waals surface area contributed by atoms with Gasteiger partial charge in [-0.05, 0) is 55.0 Å². The van der Waals surface area contributed by atoms with Gasteiger partial charge in [0.1, 0.15) is 17.5 Å². The molecule has 4 rings (SSSR count). The number of benzene rings is 2. The van der Waals surface area contributed by atoms with Crippen molar-refractivity contribution >= 4 is 28.8 Å². The highest BCUT2D eigenvalue weighted by atomic mass is 32.1. The molecule has 0 aliphatic heterocycles. The molecule has 1 N–H and O–H groups in total. The van der Waals surface area contributed by atoms with E-state index in [1.807, 2.05) is 54.8 Å². The zero-order valence-corrected chi connectivity index (χ0v) is 21.3. The zero-order valence-electron chi connectivity index (χ0n) is 20.5. The van der Waals surface area contributed by atoms with E-state index in [-0.39, 0.29) is 24.3 Å². The number of amides is 2. The molecule has 6 nitrogen and oxygen atoms in total. The molecule has 184 valence electrons. The van der Waals surface area contributed by atoms with E-state index in [4.69, 9.17) is 9.47 Å². The van der Waals surface area contributed by atoms with E-state index in [2.05, 4.69) is 5.32 Å². The molecular formula is C28H32N2O4S. The first-order valence-electron chi connectivity index (χ1n) is 11.9. The van der Waals surface area contributed by atoms with Gasteiger partial charge in [-0.3, -0.25) is 14.5 Å². The van der Waals surface area contributed by atoms with Crippen LogP contribution in [0.1, 0.15) is 47.7 Å². The molecule has 1 saturated carbocycles. The van der Waals surface area contributed by atoms with E-state index in [0.29, 0.717) is 22.7 Å². The number of hydrogen-bond acceptors (Lipinski definition) is 5. The molecule has 1 unspecified atom stereocenters. The number of rotatable bonds is 9. The first kappa shape index (κ1) is 24.8. The van der Waals surface area contributed by atoms with Gasteiger partial charge in [-0.2, -0.15) is 0 Å². The highest BCUT2D eigenvalue weighted by Crippen LogP contribution is 2.37. The van der Waals surface area contributed by atoms with Gasteiger partial charge < -0.3 is 14.8 Å². The lowest BCUT2D eigenvalue weighted by atomic mass is 9.99. The number of nitrogens with zero attached hydrogens (tertiary/aromatic N) is 1. The zero-order chi connectivity index (χ0) is 24.8. The molecular weight excluding hydrogens is 460 g/mol. The number of carbonyl (C=O) groups is 2. The van der Waals surface area contributed by atoms with E-state index in [0.717, 1.165) is 36.1 Å². The molecule has 7 heteroatoms. The fourth-order valence-corrected chi connectivity index (χ4v) is 5.39. The van der Waals surface area contributed by atoms with Crippen LogP contribution in [0.15, 0.2) is 60.0 Å². The number of ether oxygens (including phenoxy) is 2. The van der Waals surface area contributed by atoms with Crippen LogP contribution in [0.4, 0.5) is 5.69 Å². The molecule has 2 aromatic carbocycles. The van der Waals surface area contributed by atoms with Crippen molar-refractivity contribution < 1.29 is 19.1 Å². The van der Waals surface area contributed by atoms with E-state index >= 15 is 0 Å². The molecule has 1 heterocycles. The second kappa shape index (κ2) is 11.4. The molecule has 1 aromatic heterocycles. The predicted octanol–water partition coefficient (Wildman–Crippen LogP) is 5.45. The van der Waals surface area contributed by atoms with Crippen molar-refractivity contribution in [1.29, 1.82) is 0 Å². The fourth-order valence-electron chi connectivity index (χ4n) is 4.69. The van der Waals surface area contributed by atoms with Crippen LogP contribution in [0.5, 0.6) is 11.5 Å². The molecule has 0 spiro atoms. The highest BCUT2D eigenvalue weighted by Gasteiger charge is 2.36. The second-order valence-corrected chi connectivity index (χ2v) is 9.84. The van der Waals surface area contributed by atoms with Crippen LogP contribution in [-0.4, -0.2) is 32.1 Å². The van der Waals surface area contributed by atoms with Gasteiger partial charge in [-0.1, -0.05) is 37.1 Å². The molecule has 1 aliphatic carbocycles. The van der Waals surface area contributed by atoms with Gasteiger partial charge in [-0.25, -0.2) is 0 Å². The average Bonchev–Trinajstić information content (AvgIpc) is 3.57. The minimum Gasteiger partial charge on any atom is -0.497 e. The van der Waals surface area contributed by atoms with Crippen molar-refractivity contribution in [2.24, 2.45) is 0 Å². The molecule has 0 radical (unpaired) electrons. The number of anilines is 1. The Balaban J connectivity index is 1.84. The average molecular weight is 493 g/mol. The van der Waals surface area contributed by atoms with Crippen LogP contribution in [0, 0.1) is 6.92 Å². The Bertz CT molecular complexity index is 1160. The van der Waals surface area contributed by atoms with E-state index < -0.39 is 6.04 Å². The Labute approximate surface area is 210 Å². The van der Waals surface area contributed by atoms with Gasteiger partial charge in [-0.15, -0.1) is 11.3 Å². The summed E-state index contributed by atoms with van der Waals surface area (Å²) in [7, 11) is 3.15. The normalized spacial score (nSPS) is 14.4. The maximum absolute atomic E-state index is 14.0. The topological polar surface area (TPSA) is 67.9 Å². The summed E-state index contributed by atoms with van der Waals surface area (Å²) in [6.45, 7) is 1.96. The predicted molar refractivity (Wildman–Crippen MR) is 139 cm³/mol. The number of hydrogen-bond donors (Lipinski definition) is 1. The second-order valence-electron chi connectivity index (χ2n) is 8.81. The summed E-state index contributed by atoms with van der Waals surface area (Å²) in [5.41, 5.74) is 2.24. The van der Waals surface area contributed by atoms with Gasteiger partial charge in [0.25, 0.3) is 0 Å². The van der Waals surface area contributed by atoms with Crippen molar-refractivity contribution in [3.05, 3.63) is 76.0 Å². The SMILES string of the molecule is COc1ccc(C(C(=O)NC2CCCC2)N(C(=O)Cc2cccs2)c2ccccc2C)c(OC)c1. The maximum Gasteiger partial charge on any atom is 0.248 e. The summed E-state index contributed by atoms with van der Waals surface area (Å²) in [6, 6.07) is 16.1. The van der Waals surface area contributed by atoms with E-state index in [9.17, 15) is 9.59 Å². The minimum absolute atomic E-state index is 0.111. The molecule has 35 heavy (non-hydrogen) atoms. The molecule has 2 amide bonds. The Hall–Kier alpha value is -3.32. The first-order chi connectivity index (χ1) is 17.0. The van der Waals surface area contributed by atoms with Crippen LogP contribution in [-0.2, 0) is 16.0 Å². The van der Waals surface area contributed by atoms with Crippen LogP contribution in [0.2, 0.25) is 0 Å². The molecule has 1 fully saturated rings. The Morgan fingerprint density at radius 1 is 1.06 bits per heavy atom. The lowest BCUT2D eigenvalue weighted by molar-refractivity contribution is -0.127. The van der Waals surface area contributed by atoms with Crippen molar-refractivity contribution in [2.75, 3.05) is 19.1 Å². The quantitative estimate of drug-likeness (QED) is 0.431. The van der Waals surface area contributed by atoms with Crippen LogP contribution in [0.25, 0.3) is 0 Å². The number of methoxy groups -OCH3 is 2. The van der Waals surface area contributed by atoms with Crippen LogP contribution < -0.4 is 19.7 Å². The van der Waals surface area contributed by atoms with Gasteiger partial charge in [0.05, 0.1) is 20.6 Å². The standard InChI is InChI=1S/C28H32N2O4S/c1-19-9-4-7-13-24(19)30(26(31)18-22-12-8-16-35-22)27(28(32)29-20-10-5-6-11-20)23-15-14-21(33-2)17-25(23)34-3/h4,7-9,12-17,20,27H,5-6,10-11,18H2,1-3H3,(H,29,32). The van der Waals surface area contributed by atoms with Crippen molar-refractivity contribution in [2.45, 2.75) is 51.1 Å². The summed E-state index contributed by atoms with van der Waals surface area (Å²) in [5, 5.41) is 5.18. The number of aryl methyl sites for hydroxylation is 1. The number of carbonyl (C=O) groups excluding carboxylic acids is 2. The third-order valence-corrected chi connectivity index (χ3v) is 7.37. The van der Waals surface area contributed by atoms with Crippen LogP contribution in [0.3, 0.4) is 0 Å². The van der Waals surface area contributed by atoms with Gasteiger partial charge >= 0.3 is 0 Å². The van der Waals surface area contributed by atoms with Crippen molar-refractivity contribution in [1.82, 2.24) is 5.32 Å². The van der Waals surface area contributed by atoms with E-state index in [1.54, 1.807) is 31.3 Å². The number of thiophene rings is 1. The molecule has 0 saturated heterocycles. The lowest BCUT2D eigenvalue weighted by Crippen LogP contribution is -2.47. The Morgan fingerprint density at radius 3 is 2.49 bits per heavy atom. The number of nitrogens with one attached hydrogen (secondary N) is 1. The lowest BCUT2D eigenvalue weighted by Gasteiger charge is -2.34. The fraction of sp³-hybridized carbons (Fsp3) is 0.357. The van der Waals surface area contributed by atoms with Crippen LogP contribution >= 0.6 is 11.3 Å². The molecule has 3 aromatic rings. The largest absolute Gasteiger partial charge is 0.497 e. The molecule has 1 atom stereocenters. The highest BCUT2D eigenvalue weighted by molar-refractivity contribution is 7.10. The van der Waals surface area contributed by atoms with Crippen molar-refractivity contribution in [3.8, 4) is 11.5 Å². The summed E-state index contributed by atoms with van der Waals surface area (Å²) in [6.07, 6.45) is 4.30. The summed E-state index contributed by atoms with van der Waals surface area (Å²) in [4.78, 5) is 30.5. The van der Waals surface area contributed by atoms with Gasteiger partial charge in [0.2, 0.25) is 11.8 Å². The maximum atomic E-state index is 14.0. The molecule has 1 aliphatic rings. The summed E-state index contributed by atoms with van der Waals surface area (Å²) >= 11 is 1.53. The third-order valence-electron chi connectivity index (χ3n) is 6.49. The third kappa shape index (κ3) is 5.68. The Morgan fingerprint density at radius 2 is 1.83 bits per heavy atom. The molecule has 0 bridgehead atoms. The summed E-state index contributed by atoms with van der Waals surface area (Å²) in [5.74, 6) is 0.765. The van der Waals surface area contributed by atoms with Gasteiger partial charge in [0.15, 0.2) is 0 Å². The monoisotopic (exact) mass is 492 g/mol. The van der Waals surface area contributed by atoms with E-state index in [1.165, 1.54) is 11.3 Å². The first-order valence-corrected chi connectivity index (χ1v) is 12.8. The van der Waals surface area contributed by atoms with Crippen molar-refractivity contribution in [3.63, 3.8) is 0 Å².